The summed E-state index contributed by atoms with van der Waals surface area (Å²) in [7, 11) is 0. The van der Waals surface area contributed by atoms with Crippen molar-refractivity contribution < 1.29 is 8.78 Å². The zero-order chi connectivity index (χ0) is 15.0. The molecule has 1 aliphatic rings. The van der Waals surface area contributed by atoms with Crippen LogP contribution in [0.15, 0.2) is 24.3 Å². The van der Waals surface area contributed by atoms with Crippen LogP contribution in [0.5, 0.6) is 0 Å². The van der Waals surface area contributed by atoms with Gasteiger partial charge in [0.05, 0.1) is 0 Å². The molecule has 0 aliphatic heterocycles. The van der Waals surface area contributed by atoms with Crippen molar-refractivity contribution in [2.75, 3.05) is 0 Å². The van der Waals surface area contributed by atoms with Crippen molar-refractivity contribution in [1.82, 2.24) is 0 Å². The fourth-order valence-corrected chi connectivity index (χ4v) is 3.64. The Labute approximate surface area is 125 Å². The predicted molar refractivity (Wildman–Crippen MR) is 83.6 cm³/mol. The van der Waals surface area contributed by atoms with Gasteiger partial charge in [-0.05, 0) is 73.1 Å². The first kappa shape index (κ1) is 14.5. The van der Waals surface area contributed by atoms with Crippen molar-refractivity contribution in [1.29, 1.82) is 0 Å². The molecule has 0 aromatic heterocycles. The van der Waals surface area contributed by atoms with Crippen molar-refractivity contribution >= 4 is 10.8 Å². The fraction of sp³-hybridized carbons (Fsp3) is 0.474. The van der Waals surface area contributed by atoms with Gasteiger partial charge >= 0.3 is 0 Å². The smallest absolute Gasteiger partial charge is 0.166 e. The van der Waals surface area contributed by atoms with E-state index in [0.29, 0.717) is 16.9 Å². The first-order valence-corrected chi connectivity index (χ1v) is 7.98. The van der Waals surface area contributed by atoms with Gasteiger partial charge in [0.25, 0.3) is 0 Å². The molecule has 0 bridgehead atoms. The predicted octanol–water partition coefficient (Wildman–Crippen LogP) is 6.11. The van der Waals surface area contributed by atoms with Crippen molar-refractivity contribution in [3.8, 4) is 0 Å². The molecule has 0 unspecified atom stereocenters. The quantitative estimate of drug-likeness (QED) is 0.625. The Hall–Kier alpha value is -1.44. The van der Waals surface area contributed by atoms with E-state index < -0.39 is 11.6 Å². The average molecular weight is 288 g/mol. The van der Waals surface area contributed by atoms with Crippen LogP contribution in [0.4, 0.5) is 8.78 Å². The third-order valence-electron chi connectivity index (χ3n) is 5.12. The van der Waals surface area contributed by atoms with Gasteiger partial charge in [-0.1, -0.05) is 25.5 Å². The van der Waals surface area contributed by atoms with E-state index in [1.54, 1.807) is 13.0 Å². The van der Waals surface area contributed by atoms with E-state index in [1.165, 1.54) is 37.7 Å². The van der Waals surface area contributed by atoms with Gasteiger partial charge in [0.1, 0.15) is 0 Å². The van der Waals surface area contributed by atoms with Crippen LogP contribution in [-0.4, -0.2) is 0 Å². The van der Waals surface area contributed by atoms with Gasteiger partial charge in [-0.2, -0.15) is 0 Å². The fourth-order valence-electron chi connectivity index (χ4n) is 3.64. The number of aryl methyl sites for hydroxylation is 1. The maximum absolute atomic E-state index is 14.1. The summed E-state index contributed by atoms with van der Waals surface area (Å²) >= 11 is 0. The Balaban J connectivity index is 1.94. The van der Waals surface area contributed by atoms with Gasteiger partial charge in [0.15, 0.2) is 11.6 Å². The highest BCUT2D eigenvalue weighted by molar-refractivity contribution is 5.84. The second kappa shape index (κ2) is 5.75. The van der Waals surface area contributed by atoms with Crippen molar-refractivity contribution in [2.24, 2.45) is 5.92 Å². The lowest BCUT2D eigenvalue weighted by Gasteiger charge is -2.28. The molecule has 2 heteroatoms. The van der Waals surface area contributed by atoms with Gasteiger partial charge in [-0.25, -0.2) is 8.78 Å². The number of hydrogen-bond donors (Lipinski definition) is 0. The molecule has 112 valence electrons. The Kier molecular flexibility index (Phi) is 3.97. The lowest BCUT2D eigenvalue weighted by atomic mass is 9.77. The summed E-state index contributed by atoms with van der Waals surface area (Å²) in [6, 6.07) is 7.62. The summed E-state index contributed by atoms with van der Waals surface area (Å²) in [4.78, 5) is 0. The summed E-state index contributed by atoms with van der Waals surface area (Å²) in [5.74, 6) is -0.0667. The van der Waals surface area contributed by atoms with Crippen molar-refractivity contribution in [2.45, 2.75) is 51.9 Å². The molecule has 1 fully saturated rings. The van der Waals surface area contributed by atoms with E-state index in [2.05, 4.69) is 13.0 Å². The maximum Gasteiger partial charge on any atom is 0.166 e. The van der Waals surface area contributed by atoms with Crippen molar-refractivity contribution in [3.05, 3.63) is 47.0 Å². The molecule has 0 saturated heterocycles. The number of halogens is 2. The van der Waals surface area contributed by atoms with Gasteiger partial charge in [0, 0.05) is 5.39 Å². The van der Waals surface area contributed by atoms with Crippen LogP contribution in [0.2, 0.25) is 0 Å². The summed E-state index contributed by atoms with van der Waals surface area (Å²) in [6.07, 6.45) is 6.09. The van der Waals surface area contributed by atoms with Crippen LogP contribution in [0.1, 0.15) is 56.1 Å². The second-order valence-corrected chi connectivity index (χ2v) is 6.43. The van der Waals surface area contributed by atoms with Gasteiger partial charge < -0.3 is 0 Å². The van der Waals surface area contributed by atoms with Crippen molar-refractivity contribution in [3.63, 3.8) is 0 Å². The standard InChI is InChI=1S/C19H22F2/c1-3-13-4-6-14(7-5-13)15-8-9-16-10-12(2)18(20)19(21)17(16)11-15/h8-11,13-14H,3-7H2,1-2H3. The van der Waals surface area contributed by atoms with Crippen LogP contribution >= 0.6 is 0 Å². The minimum Gasteiger partial charge on any atom is -0.203 e. The number of hydrogen-bond acceptors (Lipinski definition) is 0. The molecule has 0 nitrogen and oxygen atoms in total. The third kappa shape index (κ3) is 2.68. The summed E-state index contributed by atoms with van der Waals surface area (Å²) < 4.78 is 27.9. The van der Waals surface area contributed by atoms with E-state index in [0.717, 1.165) is 11.3 Å². The molecule has 0 atom stereocenters. The zero-order valence-corrected chi connectivity index (χ0v) is 12.8. The minimum atomic E-state index is -0.714. The molecular formula is C19H22F2. The SMILES string of the molecule is CCC1CCC(c2ccc3cc(C)c(F)c(F)c3c2)CC1. The lowest BCUT2D eigenvalue weighted by Crippen LogP contribution is -2.12. The molecule has 0 radical (unpaired) electrons. The lowest BCUT2D eigenvalue weighted by molar-refractivity contribution is 0.319. The second-order valence-electron chi connectivity index (χ2n) is 6.43. The molecule has 0 spiro atoms. The van der Waals surface area contributed by atoms with E-state index in [9.17, 15) is 8.78 Å². The first-order chi connectivity index (χ1) is 10.1. The van der Waals surface area contributed by atoms with Crippen LogP contribution in [0.3, 0.4) is 0 Å². The molecule has 3 rings (SSSR count). The molecular weight excluding hydrogens is 266 g/mol. The molecule has 1 saturated carbocycles. The van der Waals surface area contributed by atoms with E-state index in [-0.39, 0.29) is 0 Å². The normalized spacial score (nSPS) is 22.7. The molecule has 21 heavy (non-hydrogen) atoms. The van der Waals surface area contributed by atoms with E-state index in [4.69, 9.17) is 0 Å². The van der Waals surface area contributed by atoms with E-state index >= 15 is 0 Å². The zero-order valence-electron chi connectivity index (χ0n) is 12.8. The third-order valence-corrected chi connectivity index (χ3v) is 5.12. The first-order valence-electron chi connectivity index (χ1n) is 7.98. The molecule has 2 aromatic carbocycles. The molecule has 0 amide bonds. The average Bonchev–Trinajstić information content (AvgIpc) is 2.53. The highest BCUT2D eigenvalue weighted by Crippen LogP contribution is 2.38. The highest BCUT2D eigenvalue weighted by atomic mass is 19.2. The number of benzene rings is 2. The van der Waals surface area contributed by atoms with Crippen LogP contribution in [0.25, 0.3) is 10.8 Å². The van der Waals surface area contributed by atoms with E-state index in [1.807, 2.05) is 12.1 Å². The maximum atomic E-state index is 14.1. The summed E-state index contributed by atoms with van der Waals surface area (Å²) in [6.45, 7) is 3.86. The monoisotopic (exact) mass is 288 g/mol. The topological polar surface area (TPSA) is 0 Å². The van der Waals surface area contributed by atoms with Gasteiger partial charge in [-0.15, -0.1) is 0 Å². The Bertz CT molecular complexity index is 652. The Morgan fingerprint density at radius 1 is 1.00 bits per heavy atom. The van der Waals surface area contributed by atoms with Crippen LogP contribution in [-0.2, 0) is 0 Å². The summed E-state index contributed by atoms with van der Waals surface area (Å²) in [5.41, 5.74) is 1.54. The Morgan fingerprint density at radius 3 is 2.38 bits per heavy atom. The Morgan fingerprint density at radius 2 is 1.71 bits per heavy atom. The largest absolute Gasteiger partial charge is 0.203 e. The van der Waals surface area contributed by atoms with Crippen LogP contribution in [0, 0.1) is 24.5 Å². The summed E-state index contributed by atoms with van der Waals surface area (Å²) in [5, 5.41) is 1.21. The molecule has 0 N–H and O–H groups in total. The number of rotatable bonds is 2. The molecule has 1 aliphatic carbocycles. The minimum absolute atomic E-state index is 0.371. The highest BCUT2D eigenvalue weighted by Gasteiger charge is 2.22. The molecule has 0 heterocycles. The number of fused-ring (bicyclic) bond motifs is 1. The van der Waals surface area contributed by atoms with Crippen LogP contribution < -0.4 is 0 Å². The van der Waals surface area contributed by atoms with Gasteiger partial charge in [0.2, 0.25) is 0 Å². The molecule has 2 aromatic rings. The van der Waals surface area contributed by atoms with Gasteiger partial charge in [-0.3, -0.25) is 0 Å².